The van der Waals surface area contributed by atoms with Gasteiger partial charge in [0.25, 0.3) is 0 Å². The standard InChI is InChI=1S/C10H17BrN4/c1-7(6-15(2)3)14-10-8(11)4-13-5-9(10)12/h4-5,7H,6,12H2,1-3H3,(H,13,14). The Morgan fingerprint density at radius 2 is 2.20 bits per heavy atom. The van der Waals surface area contributed by atoms with Gasteiger partial charge in [-0.3, -0.25) is 4.98 Å². The Balaban J connectivity index is 2.71. The van der Waals surface area contributed by atoms with Crippen LogP contribution in [0.25, 0.3) is 0 Å². The molecule has 3 N–H and O–H groups in total. The molecule has 15 heavy (non-hydrogen) atoms. The number of aromatic nitrogens is 1. The third-order valence-electron chi connectivity index (χ3n) is 1.96. The second kappa shape index (κ2) is 5.32. The van der Waals surface area contributed by atoms with E-state index < -0.39 is 0 Å². The van der Waals surface area contributed by atoms with Crippen molar-refractivity contribution >= 4 is 27.3 Å². The number of nitrogens with one attached hydrogen (secondary N) is 1. The van der Waals surface area contributed by atoms with Gasteiger partial charge in [-0.15, -0.1) is 0 Å². The molecule has 0 aromatic carbocycles. The van der Waals surface area contributed by atoms with Crippen molar-refractivity contribution in [2.45, 2.75) is 13.0 Å². The second-order valence-electron chi connectivity index (χ2n) is 3.89. The van der Waals surface area contributed by atoms with Crippen LogP contribution in [0.2, 0.25) is 0 Å². The molecule has 0 saturated heterocycles. The molecule has 1 rings (SSSR count). The van der Waals surface area contributed by atoms with E-state index in [-0.39, 0.29) is 0 Å². The molecule has 0 bridgehead atoms. The van der Waals surface area contributed by atoms with Crippen molar-refractivity contribution in [1.82, 2.24) is 9.88 Å². The highest BCUT2D eigenvalue weighted by Gasteiger charge is 2.08. The molecule has 5 heteroatoms. The topological polar surface area (TPSA) is 54.2 Å². The Morgan fingerprint density at radius 1 is 1.53 bits per heavy atom. The summed E-state index contributed by atoms with van der Waals surface area (Å²) in [5.41, 5.74) is 7.41. The van der Waals surface area contributed by atoms with Crippen molar-refractivity contribution in [2.75, 3.05) is 31.7 Å². The maximum atomic E-state index is 5.83. The van der Waals surface area contributed by atoms with Crippen LogP contribution in [0.15, 0.2) is 16.9 Å². The quantitative estimate of drug-likeness (QED) is 0.878. The van der Waals surface area contributed by atoms with Gasteiger partial charge in [-0.05, 0) is 36.9 Å². The summed E-state index contributed by atoms with van der Waals surface area (Å²) in [6.45, 7) is 3.07. The number of hydrogen-bond acceptors (Lipinski definition) is 4. The first-order chi connectivity index (χ1) is 7.00. The molecule has 1 atom stereocenters. The molecule has 0 spiro atoms. The predicted octanol–water partition coefficient (Wildman–Crippen LogP) is 1.79. The van der Waals surface area contributed by atoms with Gasteiger partial charge in [0.15, 0.2) is 0 Å². The van der Waals surface area contributed by atoms with E-state index in [9.17, 15) is 0 Å². The van der Waals surface area contributed by atoms with E-state index in [1.54, 1.807) is 12.4 Å². The monoisotopic (exact) mass is 272 g/mol. The highest BCUT2D eigenvalue weighted by atomic mass is 79.9. The highest BCUT2D eigenvalue weighted by Crippen LogP contribution is 2.27. The molecule has 0 radical (unpaired) electrons. The number of likely N-dealkylation sites (N-methyl/N-ethyl adjacent to an activating group) is 1. The van der Waals surface area contributed by atoms with Gasteiger partial charge >= 0.3 is 0 Å². The smallest absolute Gasteiger partial charge is 0.0752 e. The number of rotatable bonds is 4. The maximum absolute atomic E-state index is 5.83. The van der Waals surface area contributed by atoms with Crippen molar-refractivity contribution < 1.29 is 0 Å². The lowest BCUT2D eigenvalue weighted by Gasteiger charge is -2.20. The van der Waals surface area contributed by atoms with E-state index in [1.807, 2.05) is 14.1 Å². The van der Waals surface area contributed by atoms with Crippen LogP contribution >= 0.6 is 15.9 Å². The number of hydrogen-bond donors (Lipinski definition) is 2. The summed E-state index contributed by atoms with van der Waals surface area (Å²) in [5, 5.41) is 3.36. The largest absolute Gasteiger partial charge is 0.396 e. The lowest BCUT2D eigenvalue weighted by atomic mass is 10.2. The predicted molar refractivity (Wildman–Crippen MR) is 68.0 cm³/mol. The number of halogens is 1. The Bertz CT molecular complexity index is 307. The Hall–Kier alpha value is -0.810. The van der Waals surface area contributed by atoms with Gasteiger partial charge in [0.1, 0.15) is 0 Å². The number of nitrogens with two attached hydrogens (primary N) is 1. The average Bonchev–Trinajstić information content (AvgIpc) is 2.10. The molecule has 84 valence electrons. The highest BCUT2D eigenvalue weighted by molar-refractivity contribution is 9.10. The zero-order valence-corrected chi connectivity index (χ0v) is 10.9. The minimum atomic E-state index is 0.334. The third kappa shape index (κ3) is 3.68. The summed E-state index contributed by atoms with van der Waals surface area (Å²) in [7, 11) is 4.09. The number of nitrogen functional groups attached to an aromatic ring is 1. The molecule has 0 saturated carbocycles. The summed E-state index contributed by atoms with van der Waals surface area (Å²) < 4.78 is 0.896. The molecule has 0 aliphatic rings. The fraction of sp³-hybridized carbons (Fsp3) is 0.500. The number of pyridine rings is 1. The van der Waals surface area contributed by atoms with E-state index in [0.717, 1.165) is 16.7 Å². The van der Waals surface area contributed by atoms with Crippen LogP contribution < -0.4 is 11.1 Å². The lowest BCUT2D eigenvalue weighted by Crippen LogP contribution is -2.30. The van der Waals surface area contributed by atoms with Crippen LogP contribution in [-0.2, 0) is 0 Å². The van der Waals surface area contributed by atoms with E-state index in [4.69, 9.17) is 5.73 Å². The van der Waals surface area contributed by atoms with Gasteiger partial charge < -0.3 is 16.0 Å². The van der Waals surface area contributed by atoms with Gasteiger partial charge in [-0.2, -0.15) is 0 Å². The fourth-order valence-electron chi connectivity index (χ4n) is 1.44. The number of anilines is 2. The average molecular weight is 273 g/mol. The van der Waals surface area contributed by atoms with Crippen LogP contribution in [0, 0.1) is 0 Å². The van der Waals surface area contributed by atoms with Crippen LogP contribution in [0.3, 0.4) is 0 Å². The van der Waals surface area contributed by atoms with Gasteiger partial charge in [-0.1, -0.05) is 0 Å². The first-order valence-electron chi connectivity index (χ1n) is 4.81. The zero-order valence-electron chi connectivity index (χ0n) is 9.29. The maximum Gasteiger partial charge on any atom is 0.0752 e. The molecular weight excluding hydrogens is 256 g/mol. The minimum Gasteiger partial charge on any atom is -0.396 e. The molecule has 0 fully saturated rings. The van der Waals surface area contributed by atoms with E-state index >= 15 is 0 Å². The van der Waals surface area contributed by atoms with Gasteiger partial charge in [-0.25, -0.2) is 0 Å². The van der Waals surface area contributed by atoms with Gasteiger partial charge in [0.2, 0.25) is 0 Å². The summed E-state index contributed by atoms with van der Waals surface area (Å²) in [5.74, 6) is 0. The van der Waals surface area contributed by atoms with Crippen LogP contribution in [0.1, 0.15) is 6.92 Å². The molecule has 1 aromatic rings. The first-order valence-corrected chi connectivity index (χ1v) is 5.60. The molecule has 0 aliphatic carbocycles. The van der Waals surface area contributed by atoms with E-state index in [2.05, 4.69) is 38.1 Å². The van der Waals surface area contributed by atoms with E-state index in [0.29, 0.717) is 11.7 Å². The molecule has 1 heterocycles. The first kappa shape index (κ1) is 12.3. The van der Waals surface area contributed by atoms with Crippen LogP contribution in [-0.4, -0.2) is 36.6 Å². The second-order valence-corrected chi connectivity index (χ2v) is 4.75. The van der Waals surface area contributed by atoms with Gasteiger partial charge in [0, 0.05) is 18.8 Å². The van der Waals surface area contributed by atoms with Crippen LogP contribution in [0.4, 0.5) is 11.4 Å². The Labute approximate surface area is 99.0 Å². The summed E-state index contributed by atoms with van der Waals surface area (Å²) >= 11 is 3.42. The molecule has 0 amide bonds. The van der Waals surface area contributed by atoms with Crippen LogP contribution in [0.5, 0.6) is 0 Å². The minimum absolute atomic E-state index is 0.334. The van der Waals surface area contributed by atoms with Crippen molar-refractivity contribution in [3.63, 3.8) is 0 Å². The normalized spacial score (nSPS) is 12.9. The fourth-order valence-corrected chi connectivity index (χ4v) is 1.90. The van der Waals surface area contributed by atoms with E-state index in [1.165, 1.54) is 0 Å². The zero-order chi connectivity index (χ0) is 11.4. The van der Waals surface area contributed by atoms with Crippen molar-refractivity contribution in [3.05, 3.63) is 16.9 Å². The van der Waals surface area contributed by atoms with Crippen molar-refractivity contribution in [3.8, 4) is 0 Å². The third-order valence-corrected chi connectivity index (χ3v) is 2.56. The summed E-state index contributed by atoms with van der Waals surface area (Å²) in [4.78, 5) is 6.12. The Morgan fingerprint density at radius 3 is 2.73 bits per heavy atom. The molecule has 0 aliphatic heterocycles. The molecule has 1 unspecified atom stereocenters. The van der Waals surface area contributed by atoms with Crippen molar-refractivity contribution in [1.29, 1.82) is 0 Å². The molecule has 1 aromatic heterocycles. The summed E-state index contributed by atoms with van der Waals surface area (Å²) in [6.07, 6.45) is 3.39. The molecular formula is C10H17BrN4. The molecule has 4 nitrogen and oxygen atoms in total. The Kier molecular flexibility index (Phi) is 4.35. The van der Waals surface area contributed by atoms with Gasteiger partial charge in [0.05, 0.1) is 22.0 Å². The number of nitrogens with zero attached hydrogens (tertiary/aromatic N) is 2. The lowest BCUT2D eigenvalue weighted by molar-refractivity contribution is 0.392. The summed E-state index contributed by atoms with van der Waals surface area (Å²) in [6, 6.07) is 0.334. The van der Waals surface area contributed by atoms with Crippen molar-refractivity contribution in [2.24, 2.45) is 0 Å². The SMILES string of the molecule is CC(CN(C)C)Nc1c(N)cncc1Br.